The SMILES string of the molecule is NC(=O)[C@H](Cc1ccc(OCc2ccccc2)c(OCc2ccccc2)c1)NC(=O)CNC(=O)c1ccccc1. The van der Waals surface area contributed by atoms with Gasteiger partial charge in [-0.25, -0.2) is 0 Å². The summed E-state index contributed by atoms with van der Waals surface area (Å²) in [6, 6.07) is 32.4. The first-order chi connectivity index (χ1) is 19.5. The van der Waals surface area contributed by atoms with Crippen molar-refractivity contribution in [3.05, 3.63) is 131 Å². The number of carbonyl (C=O) groups is 3. The van der Waals surface area contributed by atoms with Gasteiger partial charge in [0.25, 0.3) is 5.91 Å². The molecule has 0 heterocycles. The minimum atomic E-state index is -0.987. The molecule has 0 aromatic heterocycles. The van der Waals surface area contributed by atoms with Crippen LogP contribution in [-0.4, -0.2) is 30.3 Å². The maximum absolute atomic E-state index is 12.5. The minimum absolute atomic E-state index is 0.133. The van der Waals surface area contributed by atoms with Gasteiger partial charge in [0.2, 0.25) is 11.8 Å². The molecule has 204 valence electrons. The third-order valence-electron chi connectivity index (χ3n) is 6.05. The van der Waals surface area contributed by atoms with E-state index in [4.69, 9.17) is 15.2 Å². The van der Waals surface area contributed by atoms with Crippen molar-refractivity contribution in [3.63, 3.8) is 0 Å². The van der Waals surface area contributed by atoms with Crippen LogP contribution in [0.1, 0.15) is 27.0 Å². The third kappa shape index (κ3) is 8.46. The largest absolute Gasteiger partial charge is 0.485 e. The highest BCUT2D eigenvalue weighted by molar-refractivity contribution is 5.97. The van der Waals surface area contributed by atoms with Crippen molar-refractivity contribution >= 4 is 17.7 Å². The number of carbonyl (C=O) groups excluding carboxylic acids is 3. The number of primary amides is 1. The molecule has 0 unspecified atom stereocenters. The van der Waals surface area contributed by atoms with Gasteiger partial charge >= 0.3 is 0 Å². The lowest BCUT2D eigenvalue weighted by Crippen LogP contribution is -2.49. The molecule has 4 N–H and O–H groups in total. The molecule has 0 aliphatic carbocycles. The first-order valence-corrected chi connectivity index (χ1v) is 12.9. The number of nitrogens with two attached hydrogens (primary N) is 1. The number of rotatable bonds is 13. The second kappa shape index (κ2) is 14.2. The topological polar surface area (TPSA) is 120 Å². The lowest BCUT2D eigenvalue weighted by atomic mass is 10.0. The van der Waals surface area contributed by atoms with Gasteiger partial charge in [0.1, 0.15) is 19.3 Å². The summed E-state index contributed by atoms with van der Waals surface area (Å²) in [5, 5.41) is 5.15. The van der Waals surface area contributed by atoms with Gasteiger partial charge in [-0.1, -0.05) is 84.9 Å². The molecule has 0 saturated carbocycles. The van der Waals surface area contributed by atoms with E-state index in [1.165, 1.54) is 0 Å². The van der Waals surface area contributed by atoms with Crippen molar-refractivity contribution in [2.45, 2.75) is 25.7 Å². The molecule has 0 radical (unpaired) electrons. The van der Waals surface area contributed by atoms with Gasteiger partial charge in [0.05, 0.1) is 6.54 Å². The van der Waals surface area contributed by atoms with E-state index in [1.54, 1.807) is 48.5 Å². The normalized spacial score (nSPS) is 11.2. The number of hydrogen-bond donors (Lipinski definition) is 3. The Bertz CT molecular complexity index is 1410. The second-order valence-electron chi connectivity index (χ2n) is 9.10. The van der Waals surface area contributed by atoms with E-state index in [0.717, 1.165) is 11.1 Å². The molecule has 0 aliphatic heterocycles. The van der Waals surface area contributed by atoms with E-state index in [1.807, 2.05) is 60.7 Å². The number of benzene rings is 4. The van der Waals surface area contributed by atoms with Gasteiger partial charge in [0.15, 0.2) is 11.5 Å². The van der Waals surface area contributed by atoms with Crippen LogP contribution in [0.2, 0.25) is 0 Å². The van der Waals surface area contributed by atoms with Crippen LogP contribution in [0.5, 0.6) is 11.5 Å². The van der Waals surface area contributed by atoms with Crippen LogP contribution in [0.25, 0.3) is 0 Å². The molecule has 0 aliphatic rings. The number of nitrogens with one attached hydrogen (secondary N) is 2. The summed E-state index contributed by atoms with van der Waals surface area (Å²) in [6.45, 7) is 0.384. The molecule has 4 aromatic carbocycles. The Morgan fingerprint density at radius 1 is 0.675 bits per heavy atom. The second-order valence-corrected chi connectivity index (χ2v) is 9.10. The van der Waals surface area contributed by atoms with E-state index >= 15 is 0 Å². The zero-order chi connectivity index (χ0) is 28.2. The summed E-state index contributed by atoms with van der Waals surface area (Å²) in [4.78, 5) is 36.9. The molecule has 0 fully saturated rings. The fourth-order valence-electron chi connectivity index (χ4n) is 3.94. The monoisotopic (exact) mass is 537 g/mol. The summed E-state index contributed by atoms with van der Waals surface area (Å²) in [6.07, 6.45) is 0.133. The highest BCUT2D eigenvalue weighted by Crippen LogP contribution is 2.30. The van der Waals surface area contributed by atoms with Crippen molar-refractivity contribution in [1.82, 2.24) is 10.6 Å². The van der Waals surface area contributed by atoms with E-state index in [0.29, 0.717) is 35.8 Å². The lowest BCUT2D eigenvalue weighted by molar-refractivity contribution is -0.126. The molecule has 0 spiro atoms. The van der Waals surface area contributed by atoms with Gasteiger partial charge in [-0.3, -0.25) is 14.4 Å². The molecular weight excluding hydrogens is 506 g/mol. The minimum Gasteiger partial charge on any atom is -0.485 e. The Hall–Kier alpha value is -5.11. The quantitative estimate of drug-likeness (QED) is 0.240. The summed E-state index contributed by atoms with van der Waals surface area (Å²) < 4.78 is 12.2. The standard InChI is InChI=1S/C32H31N3O5/c33-31(37)27(35-30(36)20-34-32(38)26-14-8-3-9-15-26)18-25-16-17-28(39-21-23-10-4-1-5-11-23)29(19-25)40-22-24-12-6-2-7-13-24/h1-17,19,27H,18,20-22H2,(H2,33,37)(H,34,38)(H,35,36)/t27-/m0/s1. The molecule has 1 atom stereocenters. The van der Waals surface area contributed by atoms with Crippen LogP contribution in [-0.2, 0) is 29.2 Å². The Labute approximate surface area is 233 Å². The highest BCUT2D eigenvalue weighted by atomic mass is 16.5. The van der Waals surface area contributed by atoms with Gasteiger partial charge in [0, 0.05) is 12.0 Å². The van der Waals surface area contributed by atoms with Crippen LogP contribution < -0.4 is 25.8 Å². The molecule has 8 nitrogen and oxygen atoms in total. The summed E-state index contributed by atoms with van der Waals surface area (Å²) >= 11 is 0. The van der Waals surface area contributed by atoms with E-state index in [-0.39, 0.29) is 13.0 Å². The highest BCUT2D eigenvalue weighted by Gasteiger charge is 2.20. The first-order valence-electron chi connectivity index (χ1n) is 12.9. The molecule has 4 rings (SSSR count). The number of amides is 3. The van der Waals surface area contributed by atoms with Crippen LogP contribution in [0.15, 0.2) is 109 Å². The van der Waals surface area contributed by atoms with Gasteiger partial charge in [-0.15, -0.1) is 0 Å². The zero-order valence-corrected chi connectivity index (χ0v) is 21.9. The zero-order valence-electron chi connectivity index (χ0n) is 21.9. The van der Waals surface area contributed by atoms with Crippen molar-refractivity contribution in [1.29, 1.82) is 0 Å². The van der Waals surface area contributed by atoms with E-state index in [9.17, 15) is 14.4 Å². The molecule has 4 aromatic rings. The van der Waals surface area contributed by atoms with Crippen molar-refractivity contribution in [2.24, 2.45) is 5.73 Å². The third-order valence-corrected chi connectivity index (χ3v) is 6.05. The smallest absolute Gasteiger partial charge is 0.251 e. The van der Waals surface area contributed by atoms with Crippen molar-refractivity contribution in [3.8, 4) is 11.5 Å². The molecule has 3 amide bonds. The molecule has 0 bridgehead atoms. The van der Waals surface area contributed by atoms with Crippen LogP contribution in [0.4, 0.5) is 0 Å². The van der Waals surface area contributed by atoms with Gasteiger partial charge < -0.3 is 25.8 Å². The maximum atomic E-state index is 12.5. The van der Waals surface area contributed by atoms with Gasteiger partial charge in [-0.2, -0.15) is 0 Å². The van der Waals surface area contributed by atoms with Crippen LogP contribution in [0, 0.1) is 0 Å². The Kier molecular flexibility index (Phi) is 9.88. The number of hydrogen-bond acceptors (Lipinski definition) is 5. The fraction of sp³-hybridized carbons (Fsp3) is 0.156. The molecular formula is C32H31N3O5. The first kappa shape index (κ1) is 27.9. The van der Waals surface area contributed by atoms with Crippen molar-refractivity contribution in [2.75, 3.05) is 6.54 Å². The maximum Gasteiger partial charge on any atom is 0.251 e. The summed E-state index contributed by atoms with van der Waals surface area (Å²) in [5.41, 5.74) is 8.74. The van der Waals surface area contributed by atoms with Crippen molar-refractivity contribution < 1.29 is 23.9 Å². The lowest BCUT2D eigenvalue weighted by Gasteiger charge is -2.18. The molecule has 0 saturated heterocycles. The summed E-state index contributed by atoms with van der Waals surface area (Å²) in [7, 11) is 0. The number of ether oxygens (including phenoxy) is 2. The average Bonchev–Trinajstić information content (AvgIpc) is 2.99. The summed E-state index contributed by atoms with van der Waals surface area (Å²) in [5.74, 6) is -0.568. The Balaban J connectivity index is 1.42. The Morgan fingerprint density at radius 2 is 1.23 bits per heavy atom. The van der Waals surface area contributed by atoms with E-state index < -0.39 is 23.8 Å². The average molecular weight is 538 g/mol. The Morgan fingerprint density at radius 3 is 1.80 bits per heavy atom. The predicted octanol–water partition coefficient (Wildman–Crippen LogP) is 3.79. The fourth-order valence-corrected chi connectivity index (χ4v) is 3.94. The van der Waals surface area contributed by atoms with Crippen LogP contribution in [0.3, 0.4) is 0 Å². The van der Waals surface area contributed by atoms with Crippen LogP contribution >= 0.6 is 0 Å². The predicted molar refractivity (Wildman–Crippen MR) is 152 cm³/mol. The molecule has 8 heteroatoms. The molecule has 40 heavy (non-hydrogen) atoms. The van der Waals surface area contributed by atoms with E-state index in [2.05, 4.69) is 10.6 Å². The van der Waals surface area contributed by atoms with Gasteiger partial charge in [-0.05, 0) is 41.0 Å².